The molecule has 0 saturated heterocycles. The van der Waals surface area contributed by atoms with Crippen LogP contribution in [0.2, 0.25) is 5.02 Å². The van der Waals surface area contributed by atoms with Crippen molar-refractivity contribution in [2.75, 3.05) is 19.8 Å². The molecule has 0 saturated carbocycles. The van der Waals surface area contributed by atoms with Crippen LogP contribution in [-0.2, 0) is 0 Å². The monoisotopic (exact) mass is 244 g/mol. The van der Waals surface area contributed by atoms with Crippen LogP contribution in [-0.4, -0.2) is 30.0 Å². The van der Waals surface area contributed by atoms with Crippen LogP contribution in [0, 0.1) is 0 Å². The van der Waals surface area contributed by atoms with Gasteiger partial charge in [-0.15, -0.1) is 0 Å². The molecule has 4 nitrogen and oxygen atoms in total. The Labute approximate surface area is 98.4 Å². The van der Waals surface area contributed by atoms with Crippen LogP contribution in [0.25, 0.3) is 0 Å². The van der Waals surface area contributed by atoms with Gasteiger partial charge in [-0.1, -0.05) is 11.6 Å². The lowest BCUT2D eigenvalue weighted by atomic mass is 10.1. The lowest BCUT2D eigenvalue weighted by Crippen LogP contribution is -2.03. The molecule has 1 aromatic rings. The molecule has 1 unspecified atom stereocenters. The fraction of sp³-hybridized carbons (Fsp3) is 0.455. The summed E-state index contributed by atoms with van der Waals surface area (Å²) in [5.41, 5.74) is 0.525. The van der Waals surface area contributed by atoms with E-state index < -0.39 is 6.10 Å². The van der Waals surface area contributed by atoms with Crippen molar-refractivity contribution >= 4 is 11.6 Å². The molecule has 0 radical (unpaired) electrons. The first-order valence-corrected chi connectivity index (χ1v) is 5.48. The van der Waals surface area contributed by atoms with Gasteiger partial charge < -0.3 is 19.7 Å². The lowest BCUT2D eigenvalue weighted by Gasteiger charge is -2.13. The lowest BCUT2D eigenvalue weighted by molar-refractivity contribution is 0.0953. The second-order valence-corrected chi connectivity index (χ2v) is 3.99. The van der Waals surface area contributed by atoms with Crippen molar-refractivity contribution in [1.29, 1.82) is 0 Å². The smallest absolute Gasteiger partial charge is 0.179 e. The number of rotatable bonds is 2. The molecule has 1 aliphatic heterocycles. The quantitative estimate of drug-likeness (QED) is 0.828. The average molecular weight is 245 g/mol. The minimum atomic E-state index is -0.949. The highest BCUT2D eigenvalue weighted by Crippen LogP contribution is 2.39. The maximum Gasteiger partial charge on any atom is 0.179 e. The molecule has 0 aromatic heterocycles. The van der Waals surface area contributed by atoms with Crippen molar-refractivity contribution < 1.29 is 19.7 Å². The second-order valence-electron chi connectivity index (χ2n) is 3.58. The third-order valence-electron chi connectivity index (χ3n) is 2.38. The molecule has 1 aliphatic rings. The van der Waals surface area contributed by atoms with E-state index in [-0.39, 0.29) is 6.61 Å². The van der Waals surface area contributed by atoms with Crippen molar-refractivity contribution in [3.05, 3.63) is 22.7 Å². The van der Waals surface area contributed by atoms with Crippen molar-refractivity contribution in [2.45, 2.75) is 12.5 Å². The third kappa shape index (κ3) is 2.24. The van der Waals surface area contributed by atoms with Gasteiger partial charge >= 0.3 is 0 Å². The van der Waals surface area contributed by atoms with Crippen LogP contribution in [0.4, 0.5) is 0 Å². The van der Waals surface area contributed by atoms with E-state index in [9.17, 15) is 5.11 Å². The number of halogens is 1. The number of ether oxygens (including phenoxy) is 2. The van der Waals surface area contributed by atoms with Crippen LogP contribution >= 0.6 is 11.6 Å². The van der Waals surface area contributed by atoms with E-state index in [1.807, 2.05) is 0 Å². The molecule has 16 heavy (non-hydrogen) atoms. The number of aliphatic hydroxyl groups excluding tert-OH is 2. The zero-order valence-electron chi connectivity index (χ0n) is 8.65. The molecule has 2 N–H and O–H groups in total. The Bertz CT molecular complexity index is 380. The highest BCUT2D eigenvalue weighted by molar-refractivity contribution is 6.32. The fourth-order valence-corrected chi connectivity index (χ4v) is 1.82. The van der Waals surface area contributed by atoms with Gasteiger partial charge in [-0.25, -0.2) is 0 Å². The minimum Gasteiger partial charge on any atom is -0.489 e. The van der Waals surface area contributed by atoms with Crippen molar-refractivity contribution in [2.24, 2.45) is 0 Å². The minimum absolute atomic E-state index is 0.351. The summed E-state index contributed by atoms with van der Waals surface area (Å²) in [6.45, 7) is 0.770. The van der Waals surface area contributed by atoms with Crippen molar-refractivity contribution in [1.82, 2.24) is 0 Å². The Morgan fingerprint density at radius 1 is 1.31 bits per heavy atom. The van der Waals surface area contributed by atoms with Crippen molar-refractivity contribution in [3.8, 4) is 11.5 Å². The number of aliphatic hydroxyl groups is 2. The summed E-state index contributed by atoms with van der Waals surface area (Å²) in [7, 11) is 0. The predicted octanol–water partition coefficient (Wildman–Crippen LogP) is 1.53. The van der Waals surface area contributed by atoms with Crippen LogP contribution in [0.3, 0.4) is 0 Å². The van der Waals surface area contributed by atoms with E-state index in [0.717, 1.165) is 6.42 Å². The first kappa shape index (κ1) is 11.5. The Hall–Kier alpha value is -0.970. The van der Waals surface area contributed by atoms with Gasteiger partial charge in [0.25, 0.3) is 0 Å². The Morgan fingerprint density at radius 2 is 2.06 bits per heavy atom. The molecule has 0 fully saturated rings. The topological polar surface area (TPSA) is 58.9 Å². The number of hydrogen-bond acceptors (Lipinski definition) is 4. The van der Waals surface area contributed by atoms with Crippen LogP contribution in [0.1, 0.15) is 18.1 Å². The van der Waals surface area contributed by atoms with Crippen molar-refractivity contribution in [3.63, 3.8) is 0 Å². The van der Waals surface area contributed by atoms with Gasteiger partial charge in [0.1, 0.15) is 6.10 Å². The van der Waals surface area contributed by atoms with Crippen LogP contribution in [0.15, 0.2) is 12.1 Å². The van der Waals surface area contributed by atoms with Gasteiger partial charge in [-0.2, -0.15) is 0 Å². The highest BCUT2D eigenvalue weighted by Gasteiger charge is 2.18. The molecule has 0 amide bonds. The number of benzene rings is 1. The molecular weight excluding hydrogens is 232 g/mol. The molecule has 0 spiro atoms. The summed E-state index contributed by atoms with van der Waals surface area (Å²) in [5.74, 6) is 1.03. The molecule has 1 heterocycles. The van der Waals surface area contributed by atoms with E-state index in [1.165, 1.54) is 0 Å². The summed E-state index contributed by atoms with van der Waals surface area (Å²) in [4.78, 5) is 0. The first-order valence-electron chi connectivity index (χ1n) is 5.10. The van der Waals surface area contributed by atoms with E-state index in [0.29, 0.717) is 35.3 Å². The molecular formula is C11H13ClO4. The molecule has 0 bridgehead atoms. The average Bonchev–Trinajstić information content (AvgIpc) is 2.53. The molecule has 5 heteroatoms. The summed E-state index contributed by atoms with van der Waals surface area (Å²) in [6.07, 6.45) is -0.155. The van der Waals surface area contributed by atoms with Gasteiger partial charge in [0.05, 0.1) is 24.8 Å². The summed E-state index contributed by atoms with van der Waals surface area (Å²) in [5, 5.41) is 18.8. The van der Waals surface area contributed by atoms with Gasteiger partial charge in [0, 0.05) is 6.42 Å². The normalized spacial score (nSPS) is 16.7. The SMILES string of the molecule is OCC(O)c1cc(Cl)c2c(c1)OCCCO2. The van der Waals surface area contributed by atoms with E-state index >= 15 is 0 Å². The van der Waals surface area contributed by atoms with Crippen LogP contribution < -0.4 is 9.47 Å². The molecule has 2 rings (SSSR count). The van der Waals surface area contributed by atoms with E-state index in [1.54, 1.807) is 12.1 Å². The zero-order valence-corrected chi connectivity index (χ0v) is 9.41. The summed E-state index contributed by atoms with van der Waals surface area (Å²) >= 11 is 6.02. The Balaban J connectivity index is 2.39. The number of hydrogen-bond donors (Lipinski definition) is 2. The Morgan fingerprint density at radius 3 is 2.81 bits per heavy atom. The molecule has 88 valence electrons. The predicted molar refractivity (Wildman–Crippen MR) is 59.1 cm³/mol. The fourth-order valence-electron chi connectivity index (χ4n) is 1.55. The van der Waals surface area contributed by atoms with Crippen LogP contribution in [0.5, 0.6) is 11.5 Å². The first-order chi connectivity index (χ1) is 7.72. The second kappa shape index (κ2) is 4.91. The summed E-state index contributed by atoms with van der Waals surface area (Å²) in [6, 6.07) is 3.23. The number of fused-ring (bicyclic) bond motifs is 1. The third-order valence-corrected chi connectivity index (χ3v) is 2.66. The van der Waals surface area contributed by atoms with Gasteiger partial charge in [-0.3, -0.25) is 0 Å². The largest absolute Gasteiger partial charge is 0.489 e. The standard InChI is InChI=1S/C11H13ClO4/c12-8-4-7(9(14)6-13)5-10-11(8)16-3-1-2-15-10/h4-5,9,13-14H,1-3,6H2. The van der Waals surface area contributed by atoms with E-state index in [4.69, 9.17) is 26.2 Å². The molecule has 1 aromatic carbocycles. The maximum atomic E-state index is 9.52. The molecule has 0 aliphatic carbocycles. The van der Waals surface area contributed by atoms with Gasteiger partial charge in [0.15, 0.2) is 11.5 Å². The Kier molecular flexibility index (Phi) is 3.53. The van der Waals surface area contributed by atoms with Gasteiger partial charge in [0.2, 0.25) is 0 Å². The highest BCUT2D eigenvalue weighted by atomic mass is 35.5. The summed E-state index contributed by atoms with van der Waals surface area (Å²) < 4.78 is 10.9. The van der Waals surface area contributed by atoms with Gasteiger partial charge in [-0.05, 0) is 17.7 Å². The van der Waals surface area contributed by atoms with E-state index in [2.05, 4.69) is 0 Å². The zero-order chi connectivity index (χ0) is 11.5. The molecule has 1 atom stereocenters. The maximum absolute atomic E-state index is 9.52.